The molecule has 4 aromatic carbocycles. The summed E-state index contributed by atoms with van der Waals surface area (Å²) < 4.78 is 30.1. The Labute approximate surface area is 240 Å². The molecule has 0 amide bonds. The number of aromatic nitrogens is 2. The number of unbranched alkanes of at least 4 members (excludes halogenated alkanes) is 1. The molecular weight excluding hydrogens is 534 g/mol. The van der Waals surface area contributed by atoms with Gasteiger partial charge in [-0.3, -0.25) is 8.87 Å². The second-order valence-corrected chi connectivity index (χ2v) is 12.1. The molecule has 1 heterocycles. The highest BCUT2D eigenvalue weighted by molar-refractivity contribution is 7.92. The minimum absolute atomic E-state index is 0.104. The Kier molecular flexibility index (Phi) is 7.94. The number of sulfonamides is 1. The number of benzene rings is 4. The molecule has 0 radical (unpaired) electrons. The molecule has 0 saturated heterocycles. The molecule has 0 unspecified atom stereocenters. The van der Waals surface area contributed by atoms with Crippen molar-refractivity contribution >= 4 is 32.7 Å². The van der Waals surface area contributed by atoms with E-state index in [1.807, 2.05) is 79.7 Å². The van der Waals surface area contributed by atoms with Crippen LogP contribution in [0.3, 0.4) is 0 Å². The summed E-state index contributed by atoms with van der Waals surface area (Å²) in [6.07, 6.45) is 2.69. The van der Waals surface area contributed by atoms with Crippen LogP contribution >= 0.6 is 0 Å². The summed E-state index contributed by atoms with van der Waals surface area (Å²) in [5.41, 5.74) is 6.32. The summed E-state index contributed by atoms with van der Waals surface area (Å²) in [5, 5.41) is 9.83. The van der Waals surface area contributed by atoms with Gasteiger partial charge in [-0.2, -0.15) is 0 Å². The highest BCUT2D eigenvalue weighted by Gasteiger charge is 2.22. The number of hydrogen-bond acceptors (Lipinski definition) is 4. The van der Waals surface area contributed by atoms with E-state index < -0.39 is 16.0 Å². The molecule has 0 spiro atoms. The fourth-order valence-corrected chi connectivity index (χ4v) is 6.43. The van der Waals surface area contributed by atoms with E-state index in [0.717, 1.165) is 58.5 Å². The second-order valence-electron chi connectivity index (χ2n) is 10.1. The Morgan fingerprint density at radius 1 is 0.927 bits per heavy atom. The van der Waals surface area contributed by atoms with Crippen molar-refractivity contribution in [3.63, 3.8) is 0 Å². The predicted octanol–water partition coefficient (Wildman–Crippen LogP) is 7.01. The molecule has 5 aromatic rings. The lowest BCUT2D eigenvalue weighted by atomic mass is 9.95. The van der Waals surface area contributed by atoms with Gasteiger partial charge >= 0.3 is 5.97 Å². The molecule has 5 rings (SSSR count). The van der Waals surface area contributed by atoms with Crippen molar-refractivity contribution in [3.05, 3.63) is 114 Å². The number of carboxylic acid groups (broad SMARTS) is 1. The molecule has 0 atom stereocenters. The van der Waals surface area contributed by atoms with Crippen LogP contribution in [0.2, 0.25) is 0 Å². The van der Waals surface area contributed by atoms with Gasteiger partial charge in [0.1, 0.15) is 5.82 Å². The molecule has 0 aliphatic heterocycles. The third-order valence-corrected chi connectivity index (χ3v) is 9.17. The van der Waals surface area contributed by atoms with Crippen molar-refractivity contribution in [1.29, 1.82) is 0 Å². The first kappa shape index (κ1) is 28.1. The number of carboxylic acids is 1. The van der Waals surface area contributed by atoms with Crippen LogP contribution in [0, 0.1) is 6.92 Å². The first-order valence-corrected chi connectivity index (χ1v) is 15.3. The number of hydrogen-bond donors (Lipinski definition) is 1. The summed E-state index contributed by atoms with van der Waals surface area (Å²) in [6, 6.07) is 27.5. The van der Waals surface area contributed by atoms with Crippen LogP contribution in [0.15, 0.2) is 91.0 Å². The van der Waals surface area contributed by atoms with Crippen molar-refractivity contribution in [2.75, 3.05) is 11.4 Å². The average Bonchev–Trinajstić information content (AvgIpc) is 3.33. The van der Waals surface area contributed by atoms with Crippen LogP contribution in [-0.4, -0.2) is 36.1 Å². The van der Waals surface area contributed by atoms with Crippen LogP contribution in [0.1, 0.15) is 47.1 Å². The normalized spacial score (nSPS) is 11.6. The first-order valence-electron chi connectivity index (χ1n) is 13.7. The van der Waals surface area contributed by atoms with Crippen LogP contribution < -0.4 is 4.31 Å². The fourth-order valence-electron chi connectivity index (χ4n) is 5.19. The Balaban J connectivity index is 1.65. The van der Waals surface area contributed by atoms with Gasteiger partial charge in [0.25, 0.3) is 0 Å². The van der Waals surface area contributed by atoms with Gasteiger partial charge in [-0.25, -0.2) is 18.2 Å². The van der Waals surface area contributed by atoms with E-state index >= 15 is 0 Å². The zero-order valence-electron chi connectivity index (χ0n) is 23.4. The Bertz CT molecular complexity index is 1830. The maximum Gasteiger partial charge on any atom is 0.336 e. The van der Waals surface area contributed by atoms with Gasteiger partial charge < -0.3 is 5.11 Å². The minimum Gasteiger partial charge on any atom is -0.478 e. The number of carbonyl (C=O) groups is 1. The van der Waals surface area contributed by atoms with E-state index in [0.29, 0.717) is 11.3 Å². The number of anilines is 1. The number of rotatable bonds is 10. The molecule has 1 N–H and O–H groups in total. The van der Waals surface area contributed by atoms with E-state index in [9.17, 15) is 18.3 Å². The maximum atomic E-state index is 13.3. The molecule has 7 nitrogen and oxygen atoms in total. The highest BCUT2D eigenvalue weighted by atomic mass is 32.2. The van der Waals surface area contributed by atoms with Crippen LogP contribution in [0.5, 0.6) is 0 Å². The van der Waals surface area contributed by atoms with Gasteiger partial charge in [-0.05, 0) is 65.9 Å². The summed E-state index contributed by atoms with van der Waals surface area (Å²) in [6.45, 7) is 4.12. The minimum atomic E-state index is -3.64. The molecule has 0 aliphatic carbocycles. The molecule has 1 aromatic heterocycles. The van der Waals surface area contributed by atoms with E-state index in [-0.39, 0.29) is 11.3 Å². The SMILES string of the molecule is CCCCc1nc2ccc(N(C)S(=O)(=O)Cc3ccccc3)cc2n1-c1cccc(-c2ccccc2C(=O)O)c1C. The lowest BCUT2D eigenvalue weighted by Crippen LogP contribution is -2.27. The zero-order valence-corrected chi connectivity index (χ0v) is 24.2. The fraction of sp³-hybridized carbons (Fsp3) is 0.212. The van der Waals surface area contributed by atoms with Crippen LogP contribution in [-0.2, 0) is 22.2 Å². The number of nitrogens with zero attached hydrogens (tertiary/aromatic N) is 3. The van der Waals surface area contributed by atoms with E-state index in [2.05, 4.69) is 11.5 Å². The quantitative estimate of drug-likeness (QED) is 0.196. The number of imidazole rings is 1. The zero-order chi connectivity index (χ0) is 29.1. The average molecular weight is 568 g/mol. The van der Waals surface area contributed by atoms with Crippen molar-refractivity contribution in [2.45, 2.75) is 38.9 Å². The molecule has 0 bridgehead atoms. The van der Waals surface area contributed by atoms with Gasteiger partial charge in [0, 0.05) is 13.5 Å². The van der Waals surface area contributed by atoms with E-state index in [4.69, 9.17) is 4.98 Å². The topological polar surface area (TPSA) is 92.5 Å². The van der Waals surface area contributed by atoms with Gasteiger partial charge in [-0.1, -0.05) is 74.0 Å². The third-order valence-electron chi connectivity index (χ3n) is 7.43. The summed E-state index contributed by atoms with van der Waals surface area (Å²) in [4.78, 5) is 16.9. The van der Waals surface area contributed by atoms with E-state index in [1.165, 1.54) is 4.31 Å². The standard InChI is InChI=1S/C33H33N3O4S/c1-4-5-18-32-34-29-20-19-25(35(3)41(39,40)22-24-12-7-6-8-13-24)21-31(29)36(32)30-17-11-16-26(23(30)2)27-14-9-10-15-28(27)33(37)38/h6-17,19-21H,4-5,18,22H2,1-3H3,(H,37,38). The highest BCUT2D eigenvalue weighted by Crippen LogP contribution is 2.34. The summed E-state index contributed by atoms with van der Waals surface area (Å²) in [7, 11) is -2.06. The lowest BCUT2D eigenvalue weighted by molar-refractivity contribution is 0.0697. The maximum absolute atomic E-state index is 13.3. The van der Waals surface area contributed by atoms with Crippen molar-refractivity contribution in [2.24, 2.45) is 0 Å². The van der Waals surface area contributed by atoms with Crippen molar-refractivity contribution < 1.29 is 18.3 Å². The Morgan fingerprint density at radius 2 is 1.63 bits per heavy atom. The predicted molar refractivity (Wildman–Crippen MR) is 164 cm³/mol. The largest absolute Gasteiger partial charge is 0.478 e. The molecule has 8 heteroatoms. The summed E-state index contributed by atoms with van der Waals surface area (Å²) in [5.74, 6) is -0.208. The smallest absolute Gasteiger partial charge is 0.336 e. The molecule has 0 saturated carbocycles. The van der Waals surface area contributed by atoms with Gasteiger partial charge in [0.15, 0.2) is 0 Å². The molecular formula is C33H33N3O4S. The van der Waals surface area contributed by atoms with Gasteiger partial charge in [-0.15, -0.1) is 0 Å². The number of aromatic carboxylic acids is 1. The van der Waals surface area contributed by atoms with Crippen LogP contribution in [0.4, 0.5) is 5.69 Å². The van der Waals surface area contributed by atoms with Gasteiger partial charge in [0.05, 0.1) is 33.7 Å². The van der Waals surface area contributed by atoms with Crippen LogP contribution in [0.25, 0.3) is 27.8 Å². The van der Waals surface area contributed by atoms with Crippen molar-refractivity contribution in [1.82, 2.24) is 9.55 Å². The number of aryl methyl sites for hydroxylation is 1. The lowest BCUT2D eigenvalue weighted by Gasteiger charge is -2.20. The molecule has 210 valence electrons. The van der Waals surface area contributed by atoms with E-state index in [1.54, 1.807) is 25.2 Å². The monoisotopic (exact) mass is 567 g/mol. The third kappa shape index (κ3) is 5.60. The molecule has 0 fully saturated rings. The second kappa shape index (κ2) is 11.6. The number of fused-ring (bicyclic) bond motifs is 1. The molecule has 0 aliphatic rings. The van der Waals surface area contributed by atoms with Gasteiger partial charge in [0.2, 0.25) is 10.0 Å². The Morgan fingerprint density at radius 3 is 2.37 bits per heavy atom. The summed E-state index contributed by atoms with van der Waals surface area (Å²) >= 11 is 0. The Hall–Kier alpha value is -4.43. The van der Waals surface area contributed by atoms with Crippen molar-refractivity contribution in [3.8, 4) is 16.8 Å². The molecule has 41 heavy (non-hydrogen) atoms. The first-order chi connectivity index (χ1) is 19.7.